The van der Waals surface area contributed by atoms with E-state index in [0.29, 0.717) is 37.4 Å². The number of benzene rings is 1. The second-order valence-electron chi connectivity index (χ2n) is 6.11. The molecule has 0 aliphatic carbocycles. The molecule has 0 radical (unpaired) electrons. The molecule has 0 aromatic heterocycles. The van der Waals surface area contributed by atoms with E-state index in [2.05, 4.69) is 0 Å². The van der Waals surface area contributed by atoms with E-state index < -0.39 is 18.2 Å². The zero-order valence-electron chi connectivity index (χ0n) is 15.5. The zero-order valence-corrected chi connectivity index (χ0v) is 15.5. The molecular weight excluding hydrogens is 336 g/mol. The average Bonchev–Trinajstić information content (AvgIpc) is 2.63. The molecule has 6 nitrogen and oxygen atoms in total. The molecule has 1 heterocycles. The van der Waals surface area contributed by atoms with Crippen molar-refractivity contribution in [1.82, 2.24) is 0 Å². The SMILES string of the molecule is CCOC(=O)/C(C)=C1\CC[C@@H](OC(C)=O)[C@H](COCc2ccccc2)O1. The highest BCUT2D eigenvalue weighted by molar-refractivity contribution is 5.88. The minimum absolute atomic E-state index is 0.256. The van der Waals surface area contributed by atoms with Crippen LogP contribution in [0.5, 0.6) is 0 Å². The van der Waals surface area contributed by atoms with Gasteiger partial charge in [0.1, 0.15) is 11.9 Å². The highest BCUT2D eigenvalue weighted by Gasteiger charge is 2.33. The van der Waals surface area contributed by atoms with Crippen molar-refractivity contribution in [1.29, 1.82) is 0 Å². The van der Waals surface area contributed by atoms with Gasteiger partial charge in [-0.2, -0.15) is 0 Å². The van der Waals surface area contributed by atoms with Crippen LogP contribution in [0.25, 0.3) is 0 Å². The van der Waals surface area contributed by atoms with E-state index in [4.69, 9.17) is 18.9 Å². The molecule has 26 heavy (non-hydrogen) atoms. The Hall–Kier alpha value is -2.34. The Morgan fingerprint density at radius 3 is 2.58 bits per heavy atom. The fourth-order valence-electron chi connectivity index (χ4n) is 2.76. The number of ether oxygens (including phenoxy) is 4. The molecule has 1 saturated heterocycles. The van der Waals surface area contributed by atoms with Crippen LogP contribution in [0.3, 0.4) is 0 Å². The van der Waals surface area contributed by atoms with Crippen molar-refractivity contribution in [2.45, 2.75) is 52.4 Å². The molecule has 1 aliphatic rings. The van der Waals surface area contributed by atoms with Gasteiger partial charge in [-0.3, -0.25) is 4.79 Å². The lowest BCUT2D eigenvalue weighted by Gasteiger charge is -2.33. The normalized spacial score (nSPS) is 21.5. The van der Waals surface area contributed by atoms with Crippen molar-refractivity contribution in [3.05, 3.63) is 47.2 Å². The van der Waals surface area contributed by atoms with Gasteiger partial charge in [-0.05, 0) is 25.8 Å². The summed E-state index contributed by atoms with van der Waals surface area (Å²) >= 11 is 0. The van der Waals surface area contributed by atoms with E-state index >= 15 is 0 Å². The molecule has 0 saturated carbocycles. The first-order chi connectivity index (χ1) is 12.5. The molecule has 1 aromatic rings. The van der Waals surface area contributed by atoms with Gasteiger partial charge in [-0.15, -0.1) is 0 Å². The summed E-state index contributed by atoms with van der Waals surface area (Å²) in [7, 11) is 0. The van der Waals surface area contributed by atoms with Crippen LogP contribution in [0, 0.1) is 0 Å². The van der Waals surface area contributed by atoms with Gasteiger partial charge in [0.25, 0.3) is 0 Å². The minimum atomic E-state index is -0.462. The van der Waals surface area contributed by atoms with Crippen molar-refractivity contribution in [3.8, 4) is 0 Å². The minimum Gasteiger partial charge on any atom is -0.488 e. The van der Waals surface area contributed by atoms with Crippen LogP contribution in [0.1, 0.15) is 39.2 Å². The fourth-order valence-corrected chi connectivity index (χ4v) is 2.76. The molecule has 1 aromatic carbocycles. The maximum absolute atomic E-state index is 11.9. The first-order valence-electron chi connectivity index (χ1n) is 8.83. The van der Waals surface area contributed by atoms with E-state index in [9.17, 15) is 9.59 Å². The third-order valence-electron chi connectivity index (χ3n) is 4.08. The molecule has 0 N–H and O–H groups in total. The fraction of sp³-hybridized carbons (Fsp3) is 0.500. The Morgan fingerprint density at radius 1 is 1.19 bits per heavy atom. The molecule has 0 bridgehead atoms. The van der Waals surface area contributed by atoms with Crippen molar-refractivity contribution in [3.63, 3.8) is 0 Å². The quantitative estimate of drug-likeness (QED) is 0.548. The van der Waals surface area contributed by atoms with E-state index in [1.165, 1.54) is 6.92 Å². The maximum atomic E-state index is 11.9. The van der Waals surface area contributed by atoms with Crippen LogP contribution in [0.4, 0.5) is 0 Å². The van der Waals surface area contributed by atoms with Gasteiger partial charge in [-0.25, -0.2) is 4.79 Å². The largest absolute Gasteiger partial charge is 0.488 e. The van der Waals surface area contributed by atoms with Crippen LogP contribution in [0.2, 0.25) is 0 Å². The number of hydrogen-bond acceptors (Lipinski definition) is 6. The smallest absolute Gasteiger partial charge is 0.337 e. The summed E-state index contributed by atoms with van der Waals surface area (Å²) in [4.78, 5) is 23.3. The molecule has 1 fully saturated rings. The second-order valence-corrected chi connectivity index (χ2v) is 6.11. The van der Waals surface area contributed by atoms with E-state index in [0.717, 1.165) is 5.56 Å². The predicted octanol–water partition coefficient (Wildman–Crippen LogP) is 3.15. The Bertz CT molecular complexity index is 637. The number of carbonyl (C=O) groups excluding carboxylic acids is 2. The van der Waals surface area contributed by atoms with Crippen LogP contribution in [-0.2, 0) is 35.1 Å². The molecule has 0 unspecified atom stereocenters. The van der Waals surface area contributed by atoms with Crippen LogP contribution in [-0.4, -0.2) is 37.4 Å². The number of carbonyl (C=O) groups is 2. The third kappa shape index (κ3) is 5.88. The van der Waals surface area contributed by atoms with Crippen molar-refractivity contribution in [2.75, 3.05) is 13.2 Å². The van der Waals surface area contributed by atoms with Crippen molar-refractivity contribution in [2.24, 2.45) is 0 Å². The first kappa shape index (κ1) is 20.0. The summed E-state index contributed by atoms with van der Waals surface area (Å²) < 4.78 is 22.1. The lowest BCUT2D eigenvalue weighted by molar-refractivity contribution is -0.161. The zero-order chi connectivity index (χ0) is 18.9. The molecule has 1 aliphatic heterocycles. The number of allylic oxidation sites excluding steroid dienone is 1. The standard InChI is InChI=1S/C20H26O6/c1-4-24-20(22)14(2)17-10-11-18(25-15(3)21)19(26-17)13-23-12-16-8-6-5-7-9-16/h5-9,18-19H,4,10-13H2,1-3H3/b17-14+/t18-,19+/m1/s1. The predicted molar refractivity (Wildman–Crippen MR) is 95.1 cm³/mol. The Balaban J connectivity index is 2.02. The Labute approximate surface area is 154 Å². The molecular formula is C20H26O6. The van der Waals surface area contributed by atoms with E-state index in [1.807, 2.05) is 30.3 Å². The third-order valence-corrected chi connectivity index (χ3v) is 4.08. The summed E-state index contributed by atoms with van der Waals surface area (Å²) in [5, 5.41) is 0. The van der Waals surface area contributed by atoms with Gasteiger partial charge < -0.3 is 18.9 Å². The highest BCUT2D eigenvalue weighted by Crippen LogP contribution is 2.28. The average molecular weight is 362 g/mol. The monoisotopic (exact) mass is 362 g/mol. The Morgan fingerprint density at radius 2 is 1.92 bits per heavy atom. The van der Waals surface area contributed by atoms with Gasteiger partial charge in [0.2, 0.25) is 0 Å². The van der Waals surface area contributed by atoms with Crippen LogP contribution in [0.15, 0.2) is 41.7 Å². The topological polar surface area (TPSA) is 71.1 Å². The van der Waals surface area contributed by atoms with Gasteiger partial charge in [0.15, 0.2) is 6.10 Å². The summed E-state index contributed by atoms with van der Waals surface area (Å²) in [6.45, 7) is 5.81. The molecule has 0 amide bonds. The maximum Gasteiger partial charge on any atom is 0.337 e. The Kier molecular flexibility index (Phi) is 7.66. The van der Waals surface area contributed by atoms with Gasteiger partial charge >= 0.3 is 11.9 Å². The lowest BCUT2D eigenvalue weighted by Crippen LogP contribution is -2.40. The van der Waals surface area contributed by atoms with E-state index in [1.54, 1.807) is 13.8 Å². The van der Waals surface area contributed by atoms with Gasteiger partial charge in [0, 0.05) is 13.3 Å². The molecule has 2 rings (SSSR count). The van der Waals surface area contributed by atoms with Gasteiger partial charge in [-0.1, -0.05) is 30.3 Å². The lowest BCUT2D eigenvalue weighted by atomic mass is 10.0. The van der Waals surface area contributed by atoms with Crippen LogP contribution < -0.4 is 0 Å². The molecule has 0 spiro atoms. The summed E-state index contributed by atoms with van der Waals surface area (Å²) in [5.74, 6) is -0.182. The number of esters is 2. The first-order valence-corrected chi connectivity index (χ1v) is 8.83. The number of hydrogen-bond donors (Lipinski definition) is 0. The number of rotatable bonds is 7. The highest BCUT2D eigenvalue weighted by atomic mass is 16.6. The van der Waals surface area contributed by atoms with Crippen molar-refractivity contribution >= 4 is 11.9 Å². The summed E-state index contributed by atoms with van der Waals surface area (Å²) in [6, 6.07) is 9.78. The van der Waals surface area contributed by atoms with Gasteiger partial charge in [0.05, 0.1) is 25.4 Å². The molecule has 2 atom stereocenters. The molecule has 6 heteroatoms. The summed E-state index contributed by atoms with van der Waals surface area (Å²) in [6.07, 6.45) is 0.223. The molecule has 142 valence electrons. The van der Waals surface area contributed by atoms with E-state index in [-0.39, 0.29) is 12.6 Å². The van der Waals surface area contributed by atoms with Crippen molar-refractivity contribution < 1.29 is 28.5 Å². The summed E-state index contributed by atoms with van der Waals surface area (Å²) in [5.41, 5.74) is 1.49. The second kappa shape index (κ2) is 9.97. The van der Waals surface area contributed by atoms with Crippen LogP contribution >= 0.6 is 0 Å².